The zero-order valence-electron chi connectivity index (χ0n) is 18.0. The molecule has 9 heteroatoms. The number of unbranched alkanes of at least 4 members (excludes halogenated alkanes) is 1. The van der Waals surface area contributed by atoms with Crippen LogP contribution in [0.3, 0.4) is 0 Å². The highest BCUT2D eigenvalue weighted by atomic mass is 19.1. The van der Waals surface area contributed by atoms with E-state index in [1.54, 1.807) is 4.90 Å². The van der Waals surface area contributed by atoms with Gasteiger partial charge in [0.15, 0.2) is 0 Å². The van der Waals surface area contributed by atoms with Crippen LogP contribution in [0, 0.1) is 11.7 Å². The number of piperidine rings is 1. The number of rotatable bonds is 7. The van der Waals surface area contributed by atoms with Gasteiger partial charge in [-0.05, 0) is 50.5 Å². The van der Waals surface area contributed by atoms with E-state index < -0.39 is 17.8 Å². The lowest BCUT2D eigenvalue weighted by Crippen LogP contribution is -2.51. The largest absolute Gasteiger partial charge is 0.368 e. The van der Waals surface area contributed by atoms with Crippen molar-refractivity contribution in [2.24, 2.45) is 16.8 Å². The third kappa shape index (κ3) is 5.21. The molecule has 0 aliphatic carbocycles. The van der Waals surface area contributed by atoms with E-state index in [1.807, 2.05) is 6.92 Å². The standard InChI is InChI=1S/C22H30FN5O3/c1-3-4-11-25-21(30)15-6-5-14(2)27(13-15)22(31)18-12-19(20(24)29)28(26-18)17-9-7-16(23)8-10-17/h7-10,14-15,19H,3-6,11-13H2,1-2H3,(H2,24,29)(H,25,30). The van der Waals surface area contributed by atoms with Crippen LogP contribution in [0.2, 0.25) is 0 Å². The van der Waals surface area contributed by atoms with Crippen LogP contribution >= 0.6 is 0 Å². The zero-order valence-corrected chi connectivity index (χ0v) is 18.0. The van der Waals surface area contributed by atoms with Gasteiger partial charge in [-0.2, -0.15) is 5.10 Å². The summed E-state index contributed by atoms with van der Waals surface area (Å²) in [5, 5.41) is 8.68. The van der Waals surface area contributed by atoms with Gasteiger partial charge in [0.2, 0.25) is 11.8 Å². The Morgan fingerprint density at radius 2 is 1.94 bits per heavy atom. The molecule has 1 fully saturated rings. The monoisotopic (exact) mass is 431 g/mol. The Morgan fingerprint density at radius 3 is 2.58 bits per heavy atom. The topological polar surface area (TPSA) is 108 Å². The third-order valence-corrected chi connectivity index (χ3v) is 5.92. The Balaban J connectivity index is 1.75. The van der Waals surface area contributed by atoms with Gasteiger partial charge in [-0.25, -0.2) is 4.39 Å². The van der Waals surface area contributed by atoms with Crippen LogP contribution in [-0.4, -0.2) is 53.5 Å². The summed E-state index contributed by atoms with van der Waals surface area (Å²) in [6.45, 7) is 4.96. The van der Waals surface area contributed by atoms with Crippen molar-refractivity contribution in [3.05, 3.63) is 30.1 Å². The van der Waals surface area contributed by atoms with E-state index in [4.69, 9.17) is 5.73 Å². The van der Waals surface area contributed by atoms with Gasteiger partial charge in [0.25, 0.3) is 5.91 Å². The molecular weight excluding hydrogens is 401 g/mol. The van der Waals surface area contributed by atoms with Gasteiger partial charge >= 0.3 is 0 Å². The minimum atomic E-state index is -0.822. The second-order valence-corrected chi connectivity index (χ2v) is 8.22. The Labute approximate surface area is 181 Å². The minimum absolute atomic E-state index is 0.0329. The molecule has 0 radical (unpaired) electrons. The van der Waals surface area contributed by atoms with Crippen molar-refractivity contribution in [2.45, 2.75) is 58.0 Å². The summed E-state index contributed by atoms with van der Waals surface area (Å²) in [6, 6.07) is 4.64. The molecule has 2 aliphatic heterocycles. The number of carbonyl (C=O) groups is 3. The Morgan fingerprint density at radius 1 is 1.23 bits per heavy atom. The number of carbonyl (C=O) groups excluding carboxylic acids is 3. The van der Waals surface area contributed by atoms with Crippen LogP contribution in [0.15, 0.2) is 29.4 Å². The van der Waals surface area contributed by atoms with Crippen molar-refractivity contribution in [3.63, 3.8) is 0 Å². The van der Waals surface area contributed by atoms with Crippen LogP contribution in [0.1, 0.15) is 46.0 Å². The van der Waals surface area contributed by atoms with E-state index in [9.17, 15) is 18.8 Å². The predicted molar refractivity (Wildman–Crippen MR) is 116 cm³/mol. The van der Waals surface area contributed by atoms with E-state index in [0.717, 1.165) is 19.3 Å². The number of likely N-dealkylation sites (tertiary alicyclic amines) is 1. The number of nitrogens with one attached hydrogen (secondary N) is 1. The molecule has 3 N–H and O–H groups in total. The summed E-state index contributed by atoms with van der Waals surface area (Å²) >= 11 is 0. The fraction of sp³-hybridized carbons (Fsp3) is 0.545. The number of nitrogens with two attached hydrogens (primary N) is 1. The summed E-state index contributed by atoms with van der Waals surface area (Å²) in [7, 11) is 0. The number of halogens is 1. The van der Waals surface area contributed by atoms with E-state index in [-0.39, 0.29) is 35.9 Å². The van der Waals surface area contributed by atoms with Gasteiger partial charge in [-0.3, -0.25) is 19.4 Å². The van der Waals surface area contributed by atoms with Crippen LogP contribution in [-0.2, 0) is 14.4 Å². The molecule has 3 rings (SSSR count). The van der Waals surface area contributed by atoms with E-state index in [0.29, 0.717) is 25.2 Å². The molecule has 1 saturated heterocycles. The Bertz CT molecular complexity index is 857. The molecule has 0 spiro atoms. The highest BCUT2D eigenvalue weighted by molar-refractivity contribution is 6.40. The van der Waals surface area contributed by atoms with E-state index >= 15 is 0 Å². The second kappa shape index (κ2) is 9.89. The first-order chi connectivity index (χ1) is 14.8. The molecule has 0 saturated carbocycles. The van der Waals surface area contributed by atoms with Crippen molar-refractivity contribution in [3.8, 4) is 0 Å². The summed E-state index contributed by atoms with van der Waals surface area (Å²) in [6.07, 6.45) is 3.43. The molecule has 3 amide bonds. The fourth-order valence-electron chi connectivity index (χ4n) is 4.00. The number of amides is 3. The number of nitrogens with zero attached hydrogens (tertiary/aromatic N) is 3. The number of hydrogen-bond donors (Lipinski definition) is 2. The first kappa shape index (κ1) is 22.7. The van der Waals surface area contributed by atoms with Crippen LogP contribution < -0.4 is 16.1 Å². The quantitative estimate of drug-likeness (QED) is 0.642. The fourth-order valence-corrected chi connectivity index (χ4v) is 4.00. The lowest BCUT2D eigenvalue weighted by atomic mass is 9.92. The molecule has 3 atom stereocenters. The van der Waals surface area contributed by atoms with Crippen molar-refractivity contribution in [1.29, 1.82) is 0 Å². The van der Waals surface area contributed by atoms with Gasteiger partial charge in [0.05, 0.1) is 11.6 Å². The molecule has 168 valence electrons. The molecule has 1 aromatic carbocycles. The van der Waals surface area contributed by atoms with Gasteiger partial charge < -0.3 is 16.0 Å². The molecule has 31 heavy (non-hydrogen) atoms. The molecule has 2 heterocycles. The maximum absolute atomic E-state index is 13.3. The number of hydrazone groups is 1. The SMILES string of the molecule is CCCCNC(=O)C1CCC(C)N(C(=O)C2=NN(c3ccc(F)cc3)C(C(N)=O)C2)C1. The molecule has 0 aromatic heterocycles. The average Bonchev–Trinajstić information content (AvgIpc) is 3.20. The minimum Gasteiger partial charge on any atom is -0.368 e. The number of primary amides is 1. The van der Waals surface area contributed by atoms with Crippen molar-refractivity contribution in [1.82, 2.24) is 10.2 Å². The summed E-state index contributed by atoms with van der Waals surface area (Å²) < 4.78 is 13.3. The summed E-state index contributed by atoms with van der Waals surface area (Å²) in [4.78, 5) is 39.4. The van der Waals surface area contributed by atoms with Crippen molar-refractivity contribution < 1.29 is 18.8 Å². The van der Waals surface area contributed by atoms with Gasteiger partial charge in [-0.1, -0.05) is 13.3 Å². The predicted octanol–water partition coefficient (Wildman–Crippen LogP) is 1.79. The Hall–Kier alpha value is -2.97. The molecule has 1 aromatic rings. The number of benzene rings is 1. The van der Waals surface area contributed by atoms with Crippen LogP contribution in [0.5, 0.6) is 0 Å². The number of hydrogen-bond acceptors (Lipinski definition) is 5. The van der Waals surface area contributed by atoms with Crippen molar-refractivity contribution >= 4 is 29.1 Å². The van der Waals surface area contributed by atoms with E-state index in [1.165, 1.54) is 29.3 Å². The highest BCUT2D eigenvalue weighted by Gasteiger charge is 2.40. The average molecular weight is 432 g/mol. The smallest absolute Gasteiger partial charge is 0.270 e. The highest BCUT2D eigenvalue weighted by Crippen LogP contribution is 2.28. The Kier molecular flexibility index (Phi) is 7.25. The molecule has 8 nitrogen and oxygen atoms in total. The zero-order chi connectivity index (χ0) is 22.5. The summed E-state index contributed by atoms with van der Waals surface area (Å²) in [5.74, 6) is -1.62. The van der Waals surface area contributed by atoms with Crippen LogP contribution in [0.4, 0.5) is 10.1 Å². The second-order valence-electron chi connectivity index (χ2n) is 8.22. The first-order valence-corrected chi connectivity index (χ1v) is 10.8. The molecular formula is C22H30FN5O3. The van der Waals surface area contributed by atoms with Gasteiger partial charge in [-0.15, -0.1) is 0 Å². The molecule has 0 bridgehead atoms. The third-order valence-electron chi connectivity index (χ3n) is 5.92. The van der Waals surface area contributed by atoms with Crippen LogP contribution in [0.25, 0.3) is 0 Å². The molecule has 2 aliphatic rings. The van der Waals surface area contributed by atoms with Gasteiger partial charge in [0.1, 0.15) is 17.6 Å². The van der Waals surface area contributed by atoms with Crippen molar-refractivity contribution in [2.75, 3.05) is 18.1 Å². The molecule has 3 unspecified atom stereocenters. The van der Waals surface area contributed by atoms with Gasteiger partial charge in [0, 0.05) is 25.6 Å². The number of anilines is 1. The lowest BCUT2D eigenvalue weighted by molar-refractivity contribution is -0.133. The lowest BCUT2D eigenvalue weighted by Gasteiger charge is -2.37. The maximum atomic E-state index is 13.3. The van der Waals surface area contributed by atoms with E-state index in [2.05, 4.69) is 17.3 Å². The summed E-state index contributed by atoms with van der Waals surface area (Å²) in [5.41, 5.74) is 6.23. The first-order valence-electron chi connectivity index (χ1n) is 10.8. The maximum Gasteiger partial charge on any atom is 0.270 e. The normalized spacial score (nSPS) is 23.5.